The molecule has 2 N–H and O–H groups in total. The Morgan fingerprint density at radius 2 is 2.12 bits per heavy atom. The number of nitrogens with one attached hydrogen (secondary N) is 1. The van der Waals surface area contributed by atoms with Gasteiger partial charge in [0.05, 0.1) is 11.2 Å². The van der Waals surface area contributed by atoms with Crippen molar-refractivity contribution in [2.45, 2.75) is 19.0 Å². The monoisotopic (exact) mass is 458 g/mol. The molecule has 1 saturated heterocycles. The molecule has 34 heavy (non-hydrogen) atoms. The summed E-state index contributed by atoms with van der Waals surface area (Å²) in [5.74, 6) is 0.946. The summed E-state index contributed by atoms with van der Waals surface area (Å²) in [6.07, 6.45) is 6.24. The van der Waals surface area contributed by atoms with Crippen LogP contribution < -0.4 is 4.74 Å². The van der Waals surface area contributed by atoms with E-state index in [-0.39, 0.29) is 11.9 Å². The molecule has 1 aromatic carbocycles. The summed E-state index contributed by atoms with van der Waals surface area (Å²) in [5.41, 5.74) is 3.81. The van der Waals surface area contributed by atoms with Crippen LogP contribution in [0.2, 0.25) is 0 Å². The molecule has 1 amide bonds. The molecule has 1 aliphatic heterocycles. The lowest BCUT2D eigenvalue weighted by atomic mass is 10.1. The number of aromatic nitrogens is 4. The molecule has 174 valence electrons. The van der Waals surface area contributed by atoms with Crippen LogP contribution in [-0.2, 0) is 11.3 Å². The highest BCUT2D eigenvalue weighted by molar-refractivity contribution is 5.80. The zero-order chi connectivity index (χ0) is 23.5. The van der Waals surface area contributed by atoms with Crippen molar-refractivity contribution < 1.29 is 14.6 Å². The van der Waals surface area contributed by atoms with Crippen LogP contribution in [0.1, 0.15) is 12.0 Å². The first-order valence-electron chi connectivity index (χ1n) is 11.2. The van der Waals surface area contributed by atoms with Gasteiger partial charge in [-0.3, -0.25) is 19.8 Å². The van der Waals surface area contributed by atoms with E-state index in [1.807, 2.05) is 42.6 Å². The minimum absolute atomic E-state index is 0.134. The molecule has 4 heterocycles. The number of carbonyl (C=O) groups excluding carboxylic acids is 1. The summed E-state index contributed by atoms with van der Waals surface area (Å²) in [7, 11) is 1.76. The maximum absolute atomic E-state index is 11.7. The summed E-state index contributed by atoms with van der Waals surface area (Å²) in [6.45, 7) is 2.02. The van der Waals surface area contributed by atoms with Crippen molar-refractivity contribution in [2.75, 3.05) is 26.7 Å². The largest absolute Gasteiger partial charge is 0.439 e. The Bertz CT molecular complexity index is 1280. The molecule has 1 fully saturated rings. The Morgan fingerprint density at radius 3 is 2.88 bits per heavy atom. The van der Waals surface area contributed by atoms with Crippen LogP contribution in [0, 0.1) is 0 Å². The number of aromatic amines is 1. The van der Waals surface area contributed by atoms with Crippen LogP contribution in [0.15, 0.2) is 61.1 Å². The number of H-pyrrole nitrogens is 1. The normalized spacial score (nSPS) is 16.1. The van der Waals surface area contributed by atoms with Gasteiger partial charge in [-0.25, -0.2) is 4.98 Å². The van der Waals surface area contributed by atoms with Gasteiger partial charge in [-0.05, 0) is 42.3 Å². The summed E-state index contributed by atoms with van der Waals surface area (Å²) < 4.78 is 5.92. The molecule has 0 bridgehead atoms. The third-order valence-electron chi connectivity index (χ3n) is 6.21. The zero-order valence-electron chi connectivity index (χ0n) is 18.9. The number of likely N-dealkylation sites (tertiary alicyclic amines) is 1. The average Bonchev–Trinajstić information content (AvgIpc) is 3.56. The predicted octanol–water partition coefficient (Wildman–Crippen LogP) is 2.84. The van der Waals surface area contributed by atoms with E-state index >= 15 is 0 Å². The van der Waals surface area contributed by atoms with Crippen LogP contribution in [0.5, 0.6) is 11.6 Å². The maximum atomic E-state index is 11.7. The smallest absolute Gasteiger partial charge is 0.248 e. The number of aliphatic hydroxyl groups is 1. The van der Waals surface area contributed by atoms with Gasteiger partial charge in [0.1, 0.15) is 12.4 Å². The highest BCUT2D eigenvalue weighted by Gasteiger charge is 2.28. The maximum Gasteiger partial charge on any atom is 0.248 e. The van der Waals surface area contributed by atoms with E-state index in [0.717, 1.165) is 53.8 Å². The molecule has 0 radical (unpaired) electrons. The second-order valence-corrected chi connectivity index (χ2v) is 8.50. The number of amides is 1. The van der Waals surface area contributed by atoms with E-state index < -0.39 is 6.61 Å². The quantitative estimate of drug-likeness (QED) is 0.438. The Hall–Kier alpha value is -3.82. The lowest BCUT2D eigenvalue weighted by molar-refractivity contribution is -0.134. The van der Waals surface area contributed by atoms with Gasteiger partial charge in [0.25, 0.3) is 0 Å². The van der Waals surface area contributed by atoms with Crippen molar-refractivity contribution in [3.63, 3.8) is 0 Å². The Morgan fingerprint density at radius 1 is 1.21 bits per heavy atom. The molecular formula is C25H26N6O3. The first kappa shape index (κ1) is 22.0. The number of nitrogens with zero attached hydrogens (tertiary/aromatic N) is 5. The van der Waals surface area contributed by atoms with Crippen LogP contribution in [0.4, 0.5) is 0 Å². The lowest BCUT2D eigenvalue weighted by Crippen LogP contribution is -2.40. The van der Waals surface area contributed by atoms with Gasteiger partial charge in [0.2, 0.25) is 11.8 Å². The van der Waals surface area contributed by atoms with E-state index in [9.17, 15) is 4.79 Å². The second kappa shape index (κ2) is 9.58. The van der Waals surface area contributed by atoms with Crippen LogP contribution in [-0.4, -0.2) is 73.8 Å². The molecule has 0 spiro atoms. The van der Waals surface area contributed by atoms with Crippen LogP contribution in [0.25, 0.3) is 22.2 Å². The molecule has 3 aromatic heterocycles. The molecule has 4 aromatic rings. The van der Waals surface area contributed by atoms with Gasteiger partial charge in [0.15, 0.2) is 0 Å². The topological polar surface area (TPSA) is 107 Å². The highest BCUT2D eigenvalue weighted by Crippen LogP contribution is 2.26. The number of rotatable bonds is 7. The third-order valence-corrected chi connectivity index (χ3v) is 6.21. The summed E-state index contributed by atoms with van der Waals surface area (Å²) in [5, 5.41) is 17.0. The fourth-order valence-corrected chi connectivity index (χ4v) is 4.28. The van der Waals surface area contributed by atoms with Gasteiger partial charge in [0, 0.05) is 74.4 Å². The zero-order valence-corrected chi connectivity index (χ0v) is 18.9. The van der Waals surface area contributed by atoms with Crippen LogP contribution in [0.3, 0.4) is 0 Å². The molecular weight excluding hydrogens is 432 g/mol. The number of aliphatic hydroxyl groups excluding tert-OH is 1. The van der Waals surface area contributed by atoms with Crippen molar-refractivity contribution in [2.24, 2.45) is 0 Å². The highest BCUT2D eigenvalue weighted by atomic mass is 16.5. The van der Waals surface area contributed by atoms with E-state index in [4.69, 9.17) is 9.84 Å². The van der Waals surface area contributed by atoms with E-state index in [0.29, 0.717) is 11.6 Å². The van der Waals surface area contributed by atoms with Gasteiger partial charge >= 0.3 is 0 Å². The summed E-state index contributed by atoms with van der Waals surface area (Å²) >= 11 is 0. The second-order valence-electron chi connectivity index (χ2n) is 8.50. The van der Waals surface area contributed by atoms with E-state index in [1.54, 1.807) is 24.3 Å². The predicted molar refractivity (Wildman–Crippen MR) is 127 cm³/mol. The van der Waals surface area contributed by atoms with Crippen molar-refractivity contribution in [1.82, 2.24) is 30.0 Å². The number of fused-ring (bicyclic) bond motifs is 1. The van der Waals surface area contributed by atoms with Crippen molar-refractivity contribution in [1.29, 1.82) is 0 Å². The van der Waals surface area contributed by atoms with Crippen molar-refractivity contribution >= 4 is 16.8 Å². The van der Waals surface area contributed by atoms with Gasteiger partial charge in [-0.15, -0.1) is 0 Å². The minimum atomic E-state index is -0.445. The number of hydrogen-bond acceptors (Lipinski definition) is 7. The van der Waals surface area contributed by atoms with Gasteiger partial charge < -0.3 is 14.7 Å². The number of likely N-dealkylation sites (N-methyl/N-ethyl adjacent to an activating group) is 1. The third kappa shape index (κ3) is 4.75. The Labute approximate surface area is 197 Å². The first-order chi connectivity index (χ1) is 16.6. The standard InChI is InChI=1S/C25H26N6O3/c1-30(25(33)16-32)20-7-9-31(15-20)14-17-10-18-2-4-21(11-23(18)26-12-17)34-24-5-3-19(13-27-24)22-6-8-28-29-22/h2-6,8,10-13,20,32H,7,9,14-16H2,1H3,(H,28,29). The Kier molecular flexibility index (Phi) is 6.20. The van der Waals surface area contributed by atoms with Crippen LogP contribution >= 0.6 is 0 Å². The number of benzene rings is 1. The molecule has 0 aliphatic carbocycles. The molecule has 9 heteroatoms. The molecule has 9 nitrogen and oxygen atoms in total. The summed E-state index contributed by atoms with van der Waals surface area (Å²) in [4.78, 5) is 24.7. The van der Waals surface area contributed by atoms with E-state index in [2.05, 4.69) is 31.1 Å². The SMILES string of the molecule is CN(C(=O)CO)C1CCN(Cc2cnc3cc(Oc4ccc(-c5ccn[nH]5)cn4)ccc3c2)C1. The number of hydrogen-bond donors (Lipinski definition) is 2. The molecule has 0 saturated carbocycles. The van der Waals surface area contributed by atoms with Crippen molar-refractivity contribution in [3.8, 4) is 22.9 Å². The lowest BCUT2D eigenvalue weighted by Gasteiger charge is -2.24. The van der Waals surface area contributed by atoms with E-state index in [1.165, 1.54) is 0 Å². The van der Waals surface area contributed by atoms with Crippen molar-refractivity contribution in [3.05, 3.63) is 66.6 Å². The number of ether oxygens (including phenoxy) is 1. The number of pyridine rings is 2. The molecule has 5 rings (SSSR count). The first-order valence-corrected chi connectivity index (χ1v) is 11.2. The van der Waals surface area contributed by atoms with Gasteiger partial charge in [-0.2, -0.15) is 5.10 Å². The molecule has 1 atom stereocenters. The summed E-state index contributed by atoms with van der Waals surface area (Å²) in [6, 6.07) is 13.7. The fraction of sp³-hybridized carbons (Fsp3) is 0.280. The molecule has 1 aliphatic rings. The number of carbonyl (C=O) groups is 1. The minimum Gasteiger partial charge on any atom is -0.439 e. The average molecular weight is 459 g/mol. The molecule has 1 unspecified atom stereocenters. The Balaban J connectivity index is 1.23. The van der Waals surface area contributed by atoms with Gasteiger partial charge in [-0.1, -0.05) is 0 Å². The fourth-order valence-electron chi connectivity index (χ4n) is 4.28.